The van der Waals surface area contributed by atoms with E-state index >= 15 is 0 Å². The second kappa shape index (κ2) is 8.99. The van der Waals surface area contributed by atoms with E-state index in [0.29, 0.717) is 16.8 Å². The number of rotatable bonds is 7. The van der Waals surface area contributed by atoms with Crippen molar-refractivity contribution in [3.05, 3.63) is 82.9 Å². The third kappa shape index (κ3) is 4.69. The van der Waals surface area contributed by atoms with Crippen LogP contribution in [0.5, 0.6) is 0 Å². The molecule has 3 amide bonds. The van der Waals surface area contributed by atoms with E-state index in [2.05, 4.69) is 15.7 Å². The second-order valence-corrected chi connectivity index (χ2v) is 6.54. The Bertz CT molecular complexity index is 1090. The zero-order valence-electron chi connectivity index (χ0n) is 16.2. The number of aromatic nitrogens is 2. The SMILES string of the molecule is Cc1c(C(=O)NCc2ccc(C(=O)NCC(N)=O)cc2)cnn1-c1ccccc1F. The fourth-order valence-electron chi connectivity index (χ4n) is 2.82. The molecule has 0 radical (unpaired) electrons. The monoisotopic (exact) mass is 409 g/mol. The highest BCUT2D eigenvalue weighted by atomic mass is 19.1. The maximum Gasteiger partial charge on any atom is 0.255 e. The van der Waals surface area contributed by atoms with Gasteiger partial charge in [0, 0.05) is 12.1 Å². The number of nitrogens with zero attached hydrogens (tertiary/aromatic N) is 2. The molecule has 0 unspecified atom stereocenters. The molecule has 9 heteroatoms. The second-order valence-electron chi connectivity index (χ2n) is 6.54. The van der Waals surface area contributed by atoms with E-state index in [9.17, 15) is 18.8 Å². The molecule has 1 aromatic heterocycles. The van der Waals surface area contributed by atoms with Gasteiger partial charge in [-0.25, -0.2) is 9.07 Å². The van der Waals surface area contributed by atoms with Crippen molar-refractivity contribution in [2.75, 3.05) is 6.54 Å². The molecule has 3 rings (SSSR count). The van der Waals surface area contributed by atoms with Crippen LogP contribution in [0, 0.1) is 12.7 Å². The summed E-state index contributed by atoms with van der Waals surface area (Å²) in [6.07, 6.45) is 1.39. The molecule has 8 nitrogen and oxygen atoms in total. The van der Waals surface area contributed by atoms with Crippen molar-refractivity contribution in [3.63, 3.8) is 0 Å². The van der Waals surface area contributed by atoms with Crippen LogP contribution in [0.1, 0.15) is 32.0 Å². The highest BCUT2D eigenvalue weighted by Gasteiger charge is 2.16. The molecule has 0 fully saturated rings. The highest BCUT2D eigenvalue weighted by molar-refractivity contribution is 5.96. The van der Waals surface area contributed by atoms with Gasteiger partial charge in [0.05, 0.1) is 24.0 Å². The van der Waals surface area contributed by atoms with Gasteiger partial charge < -0.3 is 16.4 Å². The maximum absolute atomic E-state index is 14.0. The largest absolute Gasteiger partial charge is 0.368 e. The fourth-order valence-corrected chi connectivity index (χ4v) is 2.82. The molecule has 0 bridgehead atoms. The molecule has 0 spiro atoms. The number of primary amides is 1. The molecule has 3 aromatic rings. The van der Waals surface area contributed by atoms with Crippen molar-refractivity contribution in [1.29, 1.82) is 0 Å². The summed E-state index contributed by atoms with van der Waals surface area (Å²) in [6, 6.07) is 12.7. The van der Waals surface area contributed by atoms with E-state index in [1.54, 1.807) is 49.4 Å². The van der Waals surface area contributed by atoms with Gasteiger partial charge >= 0.3 is 0 Å². The zero-order valence-corrected chi connectivity index (χ0v) is 16.2. The molecule has 0 aliphatic carbocycles. The van der Waals surface area contributed by atoms with Gasteiger partial charge in [0.2, 0.25) is 5.91 Å². The lowest BCUT2D eigenvalue weighted by Crippen LogP contribution is -2.33. The van der Waals surface area contributed by atoms with Gasteiger partial charge in [0.1, 0.15) is 11.5 Å². The number of nitrogens with two attached hydrogens (primary N) is 1. The summed E-state index contributed by atoms with van der Waals surface area (Å²) in [6.45, 7) is 1.68. The van der Waals surface area contributed by atoms with Gasteiger partial charge in [-0.3, -0.25) is 14.4 Å². The molecule has 0 aliphatic heterocycles. The first-order valence-electron chi connectivity index (χ1n) is 9.10. The Morgan fingerprint density at radius 3 is 2.40 bits per heavy atom. The molecule has 0 saturated heterocycles. The molecule has 2 aromatic carbocycles. The first-order chi connectivity index (χ1) is 14.4. The molecule has 0 saturated carbocycles. The minimum Gasteiger partial charge on any atom is -0.368 e. The number of carbonyl (C=O) groups is 3. The van der Waals surface area contributed by atoms with E-state index < -0.39 is 17.6 Å². The predicted octanol–water partition coefficient (Wildman–Crippen LogP) is 1.46. The fraction of sp³-hybridized carbons (Fsp3) is 0.143. The summed E-state index contributed by atoms with van der Waals surface area (Å²) in [5.74, 6) is -1.83. The number of amides is 3. The van der Waals surface area contributed by atoms with Gasteiger partial charge in [-0.2, -0.15) is 5.10 Å². The minimum atomic E-state index is -0.628. The molecule has 154 valence electrons. The number of nitrogens with one attached hydrogen (secondary N) is 2. The lowest BCUT2D eigenvalue weighted by Gasteiger charge is -2.08. The van der Waals surface area contributed by atoms with E-state index in [-0.39, 0.29) is 24.7 Å². The van der Waals surface area contributed by atoms with Crippen LogP contribution in [0.25, 0.3) is 5.69 Å². The Hall–Kier alpha value is -4.01. The van der Waals surface area contributed by atoms with Crippen LogP contribution in [0.15, 0.2) is 54.7 Å². The summed E-state index contributed by atoms with van der Waals surface area (Å²) < 4.78 is 15.4. The van der Waals surface area contributed by atoms with E-state index in [1.807, 2.05) is 0 Å². The average Bonchev–Trinajstić information content (AvgIpc) is 3.12. The van der Waals surface area contributed by atoms with Crippen LogP contribution in [-0.2, 0) is 11.3 Å². The van der Waals surface area contributed by atoms with Crippen LogP contribution >= 0.6 is 0 Å². The third-order valence-corrected chi connectivity index (χ3v) is 4.43. The predicted molar refractivity (Wildman–Crippen MR) is 107 cm³/mol. The number of benzene rings is 2. The molecule has 1 heterocycles. The Morgan fingerprint density at radius 1 is 1.03 bits per heavy atom. The quantitative estimate of drug-likeness (QED) is 0.547. The third-order valence-electron chi connectivity index (χ3n) is 4.43. The molecular weight excluding hydrogens is 389 g/mol. The van der Waals surface area contributed by atoms with Gasteiger partial charge in [0.25, 0.3) is 11.8 Å². The van der Waals surface area contributed by atoms with Crippen LogP contribution in [0.2, 0.25) is 0 Å². The smallest absolute Gasteiger partial charge is 0.255 e. The summed E-state index contributed by atoms with van der Waals surface area (Å²) >= 11 is 0. The normalized spacial score (nSPS) is 10.5. The molecule has 4 N–H and O–H groups in total. The van der Waals surface area contributed by atoms with Crippen LogP contribution < -0.4 is 16.4 Å². The Labute approximate surface area is 171 Å². The first kappa shape index (κ1) is 20.7. The molecule has 0 aliphatic rings. The van der Waals surface area contributed by atoms with Crippen molar-refractivity contribution in [1.82, 2.24) is 20.4 Å². The molecule has 30 heavy (non-hydrogen) atoms. The van der Waals surface area contributed by atoms with Crippen molar-refractivity contribution in [3.8, 4) is 5.69 Å². The standard InChI is InChI=1S/C21H20FN5O3/c1-13-16(11-26-27(13)18-5-3-2-4-17(18)22)21(30)24-10-14-6-8-15(9-7-14)20(29)25-12-19(23)28/h2-9,11H,10,12H2,1H3,(H2,23,28)(H,24,30)(H,25,29). The number of halogens is 1. The maximum atomic E-state index is 14.0. The van der Waals surface area contributed by atoms with Crippen LogP contribution in [0.3, 0.4) is 0 Å². The number of hydrogen-bond acceptors (Lipinski definition) is 4. The van der Waals surface area contributed by atoms with Crippen molar-refractivity contribution in [2.45, 2.75) is 13.5 Å². The topological polar surface area (TPSA) is 119 Å². The number of carbonyl (C=O) groups excluding carboxylic acids is 3. The zero-order chi connectivity index (χ0) is 21.7. The lowest BCUT2D eigenvalue weighted by atomic mass is 10.1. The van der Waals surface area contributed by atoms with Gasteiger partial charge in [-0.05, 0) is 36.8 Å². The van der Waals surface area contributed by atoms with E-state index in [1.165, 1.54) is 16.9 Å². The summed E-state index contributed by atoms with van der Waals surface area (Å²) in [4.78, 5) is 35.1. The summed E-state index contributed by atoms with van der Waals surface area (Å²) in [5.41, 5.74) is 7.24. The number of para-hydroxylation sites is 1. The summed E-state index contributed by atoms with van der Waals surface area (Å²) in [5, 5.41) is 9.30. The summed E-state index contributed by atoms with van der Waals surface area (Å²) in [7, 11) is 0. The minimum absolute atomic E-state index is 0.229. The molecular formula is C21H20FN5O3. The Balaban J connectivity index is 1.63. The number of hydrogen-bond donors (Lipinski definition) is 3. The van der Waals surface area contributed by atoms with Crippen molar-refractivity contribution in [2.24, 2.45) is 5.73 Å². The van der Waals surface area contributed by atoms with Crippen molar-refractivity contribution >= 4 is 17.7 Å². The van der Waals surface area contributed by atoms with E-state index in [4.69, 9.17) is 5.73 Å². The Kier molecular flexibility index (Phi) is 6.21. The van der Waals surface area contributed by atoms with Crippen LogP contribution in [0.4, 0.5) is 4.39 Å². The lowest BCUT2D eigenvalue weighted by molar-refractivity contribution is -0.117. The van der Waals surface area contributed by atoms with E-state index in [0.717, 1.165) is 5.56 Å². The average molecular weight is 409 g/mol. The highest BCUT2D eigenvalue weighted by Crippen LogP contribution is 2.17. The Morgan fingerprint density at radius 2 is 1.73 bits per heavy atom. The van der Waals surface area contributed by atoms with Crippen molar-refractivity contribution < 1.29 is 18.8 Å². The van der Waals surface area contributed by atoms with Crippen LogP contribution in [-0.4, -0.2) is 34.0 Å². The van der Waals surface area contributed by atoms with Gasteiger partial charge in [0.15, 0.2) is 0 Å². The molecule has 0 atom stereocenters. The van der Waals surface area contributed by atoms with Gasteiger partial charge in [-0.1, -0.05) is 24.3 Å². The first-order valence-corrected chi connectivity index (χ1v) is 9.10. The van der Waals surface area contributed by atoms with Gasteiger partial charge in [-0.15, -0.1) is 0 Å².